The van der Waals surface area contributed by atoms with E-state index in [1.807, 2.05) is 11.3 Å². The Morgan fingerprint density at radius 3 is 2.76 bits per heavy atom. The number of nitrogens with zero attached hydrogens (tertiary/aromatic N) is 2. The van der Waals surface area contributed by atoms with E-state index in [0.717, 1.165) is 25.6 Å². The summed E-state index contributed by atoms with van der Waals surface area (Å²) in [6.45, 7) is 6.42. The molecule has 1 aliphatic carbocycles. The van der Waals surface area contributed by atoms with E-state index in [2.05, 4.69) is 31.1 Å². The molecule has 1 fully saturated rings. The number of hydrogen-bond donors (Lipinski definition) is 1. The number of hydrogen-bond acceptors (Lipinski definition) is 4. The number of aromatic nitrogens is 1. The minimum Gasteiger partial charge on any atom is -0.351 e. The average molecular weight is 253 g/mol. The van der Waals surface area contributed by atoms with E-state index in [0.29, 0.717) is 0 Å². The van der Waals surface area contributed by atoms with Crippen LogP contribution in [0.2, 0.25) is 0 Å². The molecule has 0 bridgehead atoms. The van der Waals surface area contributed by atoms with E-state index in [9.17, 15) is 0 Å². The highest BCUT2D eigenvalue weighted by Gasteiger charge is 2.21. The van der Waals surface area contributed by atoms with Crippen molar-refractivity contribution in [3.05, 3.63) is 10.6 Å². The molecule has 0 unspecified atom stereocenters. The Morgan fingerprint density at radius 1 is 1.41 bits per heavy atom. The molecule has 96 valence electrons. The summed E-state index contributed by atoms with van der Waals surface area (Å²) in [4.78, 5) is 8.44. The van der Waals surface area contributed by atoms with E-state index in [-0.39, 0.29) is 0 Å². The molecule has 1 aromatic rings. The number of nitrogens with one attached hydrogen (secondary N) is 1. The van der Waals surface area contributed by atoms with Gasteiger partial charge in [0.1, 0.15) is 0 Å². The van der Waals surface area contributed by atoms with Gasteiger partial charge in [-0.2, -0.15) is 0 Å². The molecule has 0 atom stereocenters. The summed E-state index contributed by atoms with van der Waals surface area (Å²) in [5.74, 6) is 0. The van der Waals surface area contributed by atoms with Gasteiger partial charge in [-0.3, -0.25) is 0 Å². The quantitative estimate of drug-likeness (QED) is 0.810. The average Bonchev–Trinajstić information content (AvgIpc) is 3.08. The molecule has 0 radical (unpaired) electrons. The van der Waals surface area contributed by atoms with Crippen molar-refractivity contribution >= 4 is 16.5 Å². The third kappa shape index (κ3) is 3.42. The zero-order valence-corrected chi connectivity index (χ0v) is 11.9. The summed E-state index contributed by atoms with van der Waals surface area (Å²) < 4.78 is 0. The zero-order valence-electron chi connectivity index (χ0n) is 11.1. The fourth-order valence-corrected chi connectivity index (χ4v) is 2.85. The smallest absolute Gasteiger partial charge is 0.185 e. The summed E-state index contributed by atoms with van der Waals surface area (Å²) in [7, 11) is 2.12. The van der Waals surface area contributed by atoms with Crippen LogP contribution in [0.15, 0.2) is 0 Å². The highest BCUT2D eigenvalue weighted by Crippen LogP contribution is 2.28. The van der Waals surface area contributed by atoms with Crippen LogP contribution in [0.3, 0.4) is 0 Å². The minimum atomic E-state index is 0.777. The molecule has 1 aliphatic rings. The number of rotatable bonds is 7. The van der Waals surface area contributed by atoms with Crippen molar-refractivity contribution in [2.45, 2.75) is 52.1 Å². The van der Waals surface area contributed by atoms with Gasteiger partial charge in [-0.15, -0.1) is 11.3 Å². The van der Waals surface area contributed by atoms with Gasteiger partial charge in [0.05, 0.1) is 5.69 Å². The lowest BCUT2D eigenvalue weighted by Crippen LogP contribution is -2.15. The zero-order chi connectivity index (χ0) is 12.3. The highest BCUT2D eigenvalue weighted by molar-refractivity contribution is 7.15. The maximum Gasteiger partial charge on any atom is 0.185 e. The first kappa shape index (κ1) is 12.8. The second-order valence-corrected chi connectivity index (χ2v) is 5.85. The topological polar surface area (TPSA) is 28.2 Å². The molecule has 17 heavy (non-hydrogen) atoms. The van der Waals surface area contributed by atoms with E-state index in [1.54, 1.807) is 0 Å². The summed E-state index contributed by atoms with van der Waals surface area (Å²) in [6.07, 6.45) is 4.98. The van der Waals surface area contributed by atoms with Gasteiger partial charge < -0.3 is 10.2 Å². The van der Waals surface area contributed by atoms with E-state index < -0.39 is 0 Å². The molecule has 0 spiro atoms. The Kier molecular flexibility index (Phi) is 4.40. The third-order valence-electron chi connectivity index (χ3n) is 3.18. The van der Waals surface area contributed by atoms with E-state index in [1.165, 1.54) is 35.0 Å². The van der Waals surface area contributed by atoms with Crippen molar-refractivity contribution in [1.29, 1.82) is 0 Å². The SMILES string of the molecule is CCCc1nc(N(C)CC)sc1CNC1CC1. The molecule has 0 aliphatic heterocycles. The van der Waals surface area contributed by atoms with Crippen LogP contribution in [0.5, 0.6) is 0 Å². The first-order valence-corrected chi connectivity index (χ1v) is 7.49. The van der Waals surface area contributed by atoms with Gasteiger partial charge >= 0.3 is 0 Å². The van der Waals surface area contributed by atoms with Gasteiger partial charge in [0, 0.05) is 31.1 Å². The summed E-state index contributed by atoms with van der Waals surface area (Å²) in [5, 5.41) is 4.76. The Balaban J connectivity index is 2.05. The summed E-state index contributed by atoms with van der Waals surface area (Å²) in [6, 6.07) is 0.777. The Bertz CT molecular complexity index is 358. The first-order chi connectivity index (χ1) is 8.24. The summed E-state index contributed by atoms with van der Waals surface area (Å²) >= 11 is 1.85. The molecule has 3 nitrogen and oxygen atoms in total. The molecular weight excluding hydrogens is 230 g/mol. The molecule has 2 rings (SSSR count). The van der Waals surface area contributed by atoms with Gasteiger partial charge in [-0.1, -0.05) is 13.3 Å². The maximum atomic E-state index is 4.77. The number of aryl methyl sites for hydroxylation is 1. The second-order valence-electron chi connectivity index (χ2n) is 4.79. The van der Waals surface area contributed by atoms with Crippen LogP contribution in [0.4, 0.5) is 5.13 Å². The number of anilines is 1. The molecule has 1 heterocycles. The predicted molar refractivity (Wildman–Crippen MR) is 74.9 cm³/mol. The summed E-state index contributed by atoms with van der Waals surface area (Å²) in [5.41, 5.74) is 1.31. The molecule has 0 saturated heterocycles. The van der Waals surface area contributed by atoms with Gasteiger partial charge in [-0.05, 0) is 26.2 Å². The van der Waals surface area contributed by atoms with Gasteiger partial charge in [-0.25, -0.2) is 4.98 Å². The van der Waals surface area contributed by atoms with Crippen LogP contribution in [-0.4, -0.2) is 24.6 Å². The fourth-order valence-electron chi connectivity index (χ4n) is 1.76. The molecule has 1 saturated carbocycles. The Morgan fingerprint density at radius 2 is 2.18 bits per heavy atom. The van der Waals surface area contributed by atoms with Crippen LogP contribution < -0.4 is 10.2 Å². The molecule has 1 aromatic heterocycles. The van der Waals surface area contributed by atoms with Gasteiger partial charge in [0.15, 0.2) is 5.13 Å². The second kappa shape index (κ2) is 5.83. The standard InChI is InChI=1S/C13H23N3S/c1-4-6-11-12(9-14-10-7-8-10)17-13(15-11)16(3)5-2/h10,14H,4-9H2,1-3H3. The lowest BCUT2D eigenvalue weighted by molar-refractivity contribution is 0.686. The van der Waals surface area contributed by atoms with Crippen LogP contribution in [0, 0.1) is 0 Å². The molecule has 4 heteroatoms. The number of thiazole rings is 1. The van der Waals surface area contributed by atoms with Gasteiger partial charge in [0.2, 0.25) is 0 Å². The predicted octanol–water partition coefficient (Wildman–Crippen LogP) is 2.80. The molecule has 1 N–H and O–H groups in total. The fraction of sp³-hybridized carbons (Fsp3) is 0.769. The van der Waals surface area contributed by atoms with Crippen LogP contribution in [-0.2, 0) is 13.0 Å². The largest absolute Gasteiger partial charge is 0.351 e. The van der Waals surface area contributed by atoms with Crippen molar-refractivity contribution < 1.29 is 0 Å². The molecule has 0 amide bonds. The lowest BCUT2D eigenvalue weighted by Gasteiger charge is -2.11. The monoisotopic (exact) mass is 253 g/mol. The minimum absolute atomic E-state index is 0.777. The van der Waals surface area contributed by atoms with Crippen molar-refractivity contribution in [1.82, 2.24) is 10.3 Å². The van der Waals surface area contributed by atoms with Crippen molar-refractivity contribution in [3.63, 3.8) is 0 Å². The Hall–Kier alpha value is -0.610. The Labute approximate surface area is 108 Å². The third-order valence-corrected chi connectivity index (χ3v) is 4.40. The van der Waals surface area contributed by atoms with E-state index in [4.69, 9.17) is 4.98 Å². The van der Waals surface area contributed by atoms with Crippen LogP contribution >= 0.6 is 11.3 Å². The van der Waals surface area contributed by atoms with Crippen LogP contribution in [0.1, 0.15) is 43.7 Å². The van der Waals surface area contributed by atoms with Gasteiger partial charge in [0.25, 0.3) is 0 Å². The van der Waals surface area contributed by atoms with Crippen molar-refractivity contribution in [3.8, 4) is 0 Å². The molecule has 0 aromatic carbocycles. The maximum absolute atomic E-state index is 4.77. The van der Waals surface area contributed by atoms with E-state index >= 15 is 0 Å². The highest BCUT2D eigenvalue weighted by atomic mass is 32.1. The van der Waals surface area contributed by atoms with Crippen molar-refractivity contribution in [2.75, 3.05) is 18.5 Å². The van der Waals surface area contributed by atoms with Crippen molar-refractivity contribution in [2.24, 2.45) is 0 Å². The van der Waals surface area contributed by atoms with Crippen LogP contribution in [0.25, 0.3) is 0 Å². The normalized spacial score (nSPS) is 15.2. The first-order valence-electron chi connectivity index (χ1n) is 6.67. The molecular formula is C13H23N3S. The lowest BCUT2D eigenvalue weighted by atomic mass is 10.2.